The molecule has 0 saturated heterocycles. The molecule has 0 aliphatic heterocycles. The highest BCUT2D eigenvalue weighted by atomic mass is 16.5. The first-order valence-electron chi connectivity index (χ1n) is 5.74. The van der Waals surface area contributed by atoms with Gasteiger partial charge in [-0.05, 0) is 12.8 Å². The summed E-state index contributed by atoms with van der Waals surface area (Å²) in [5.41, 5.74) is 0. The van der Waals surface area contributed by atoms with Crippen molar-refractivity contribution < 1.29 is 18.8 Å². The zero-order chi connectivity index (χ0) is 12.9. The summed E-state index contributed by atoms with van der Waals surface area (Å²) in [6, 6.07) is -0.405. The Morgan fingerprint density at radius 1 is 1.25 bits per heavy atom. The maximum atomic E-state index is 11.8. The number of amides is 1. The van der Waals surface area contributed by atoms with E-state index in [9.17, 15) is 9.59 Å². The minimum absolute atomic E-state index is 0.0290. The molecule has 0 saturated carbocycles. The van der Waals surface area contributed by atoms with Crippen molar-refractivity contribution in [3.8, 4) is 0 Å². The molecule has 0 aromatic heterocycles. The summed E-state index contributed by atoms with van der Waals surface area (Å²) in [6.07, 6.45) is 0.658. The third-order valence-electron chi connectivity index (χ3n) is 2.84. The minimum Gasteiger partial charge on any atom is -0.462 e. The smallest absolute Gasteiger partial charge is 0.365 e. The van der Waals surface area contributed by atoms with Crippen LogP contribution in [-0.2, 0) is 14.3 Å². The van der Waals surface area contributed by atoms with Crippen LogP contribution in [0.1, 0.15) is 34.1 Å². The number of carbonyl (C=O) groups is 2. The Morgan fingerprint density at radius 2 is 1.75 bits per heavy atom. The van der Waals surface area contributed by atoms with Crippen molar-refractivity contribution in [3.05, 3.63) is 0 Å². The van der Waals surface area contributed by atoms with Gasteiger partial charge < -0.3 is 4.74 Å². The minimum atomic E-state index is -0.405. The van der Waals surface area contributed by atoms with Gasteiger partial charge in [0.2, 0.25) is 0 Å². The van der Waals surface area contributed by atoms with Gasteiger partial charge >= 0.3 is 11.9 Å². The van der Waals surface area contributed by atoms with Crippen LogP contribution < -0.4 is 0 Å². The van der Waals surface area contributed by atoms with Gasteiger partial charge in [0.25, 0.3) is 0 Å². The third-order valence-corrected chi connectivity index (χ3v) is 2.84. The normalized spacial score (nSPS) is 13.7. The average molecular weight is 230 g/mol. The Bertz CT molecular complexity index is 259. The summed E-state index contributed by atoms with van der Waals surface area (Å²) < 4.78 is 5.09. The van der Waals surface area contributed by atoms with Crippen molar-refractivity contribution in [2.24, 2.45) is 5.92 Å². The molecule has 4 heteroatoms. The second-order valence-corrected chi connectivity index (χ2v) is 4.96. The Hall–Kier alpha value is -0.900. The van der Waals surface area contributed by atoms with E-state index in [4.69, 9.17) is 4.74 Å². The van der Waals surface area contributed by atoms with E-state index in [0.29, 0.717) is 18.9 Å². The van der Waals surface area contributed by atoms with Crippen molar-refractivity contribution in [1.82, 2.24) is 0 Å². The molecule has 0 rings (SSSR count). The molecular weight excluding hydrogens is 206 g/mol. The van der Waals surface area contributed by atoms with Crippen molar-refractivity contribution in [1.29, 1.82) is 0 Å². The summed E-state index contributed by atoms with van der Waals surface area (Å²) in [7, 11) is 3.51. The lowest BCUT2D eigenvalue weighted by molar-refractivity contribution is -0.831. The van der Waals surface area contributed by atoms with Crippen molar-refractivity contribution in [2.75, 3.05) is 20.7 Å². The van der Waals surface area contributed by atoms with E-state index in [2.05, 4.69) is 0 Å². The lowest BCUT2D eigenvalue weighted by atomic mass is 10.0. The number of nitrogens with zero attached hydrogens (tertiary/aromatic N) is 1. The van der Waals surface area contributed by atoms with Gasteiger partial charge in [-0.2, -0.15) is 0 Å². The van der Waals surface area contributed by atoms with E-state index in [0.717, 1.165) is 0 Å². The fraction of sp³-hybridized carbons (Fsp3) is 0.833. The molecule has 94 valence electrons. The number of carbonyl (C=O) groups excluding carboxylic acids is 2. The van der Waals surface area contributed by atoms with Gasteiger partial charge in [0.15, 0.2) is 6.04 Å². The topological polar surface area (TPSA) is 43.4 Å². The van der Waals surface area contributed by atoms with Crippen LogP contribution in [0.15, 0.2) is 0 Å². The predicted molar refractivity (Wildman–Crippen MR) is 62.7 cm³/mol. The number of esters is 1. The van der Waals surface area contributed by atoms with Crippen LogP contribution in [-0.4, -0.2) is 43.1 Å². The van der Waals surface area contributed by atoms with Gasteiger partial charge in [-0.3, -0.25) is 4.48 Å². The lowest BCUT2D eigenvalue weighted by Gasteiger charge is -2.33. The number of hydrogen-bond donors (Lipinski definition) is 0. The molecule has 0 aliphatic carbocycles. The van der Waals surface area contributed by atoms with Crippen LogP contribution in [0.4, 0.5) is 0 Å². The number of ether oxygens (including phenoxy) is 1. The molecule has 0 bridgehead atoms. The average Bonchev–Trinajstić information content (AvgIpc) is 2.13. The van der Waals surface area contributed by atoms with E-state index in [-0.39, 0.29) is 16.4 Å². The van der Waals surface area contributed by atoms with Crippen molar-refractivity contribution in [3.63, 3.8) is 0 Å². The van der Waals surface area contributed by atoms with Crippen molar-refractivity contribution >= 4 is 11.9 Å². The van der Waals surface area contributed by atoms with Gasteiger partial charge in [-0.15, -0.1) is 0 Å². The van der Waals surface area contributed by atoms with Crippen LogP contribution in [0.25, 0.3) is 0 Å². The van der Waals surface area contributed by atoms with Gasteiger partial charge in [0.05, 0.1) is 27.6 Å². The van der Waals surface area contributed by atoms with E-state index >= 15 is 0 Å². The monoisotopic (exact) mass is 230 g/mol. The standard InChI is InChI=1S/C12H24NO3/c1-7-16-12(15)11(8-9(2)3)13(5,6)10(4)14/h9,11H,7-8H2,1-6H3/q+1. The number of likely N-dealkylation sites (N-methyl/N-ethyl adjacent to an activating group) is 1. The summed E-state index contributed by atoms with van der Waals surface area (Å²) in [5.74, 6) is 0.0428. The van der Waals surface area contributed by atoms with E-state index in [1.165, 1.54) is 6.92 Å². The van der Waals surface area contributed by atoms with Crippen molar-refractivity contribution in [2.45, 2.75) is 40.2 Å². The first-order chi connectivity index (χ1) is 7.23. The number of hydrogen-bond acceptors (Lipinski definition) is 3. The molecule has 1 atom stereocenters. The summed E-state index contributed by atoms with van der Waals surface area (Å²) in [4.78, 5) is 23.4. The molecule has 4 nitrogen and oxygen atoms in total. The molecule has 1 unspecified atom stereocenters. The Labute approximate surface area is 98.2 Å². The first kappa shape index (κ1) is 15.1. The molecule has 0 fully saturated rings. The van der Waals surface area contributed by atoms with Gasteiger partial charge in [0, 0.05) is 6.42 Å². The van der Waals surface area contributed by atoms with Crippen LogP contribution in [0.2, 0.25) is 0 Å². The van der Waals surface area contributed by atoms with E-state index in [1.807, 2.05) is 13.8 Å². The fourth-order valence-electron chi connectivity index (χ4n) is 1.53. The van der Waals surface area contributed by atoms with E-state index < -0.39 is 6.04 Å². The molecule has 16 heavy (non-hydrogen) atoms. The van der Waals surface area contributed by atoms with Crippen LogP contribution >= 0.6 is 0 Å². The van der Waals surface area contributed by atoms with Crippen LogP contribution in [0, 0.1) is 5.92 Å². The molecule has 0 N–H and O–H groups in total. The Kier molecular flexibility index (Phi) is 5.65. The highest BCUT2D eigenvalue weighted by molar-refractivity contribution is 5.78. The summed E-state index contributed by atoms with van der Waals surface area (Å²) >= 11 is 0. The van der Waals surface area contributed by atoms with Gasteiger partial charge in [0.1, 0.15) is 0 Å². The van der Waals surface area contributed by atoms with E-state index in [1.54, 1.807) is 21.0 Å². The third kappa shape index (κ3) is 3.93. The predicted octanol–water partition coefficient (Wildman–Crippen LogP) is 1.59. The summed E-state index contributed by atoms with van der Waals surface area (Å²) in [6.45, 7) is 7.70. The largest absolute Gasteiger partial charge is 0.462 e. The van der Waals surface area contributed by atoms with Gasteiger partial charge in [-0.1, -0.05) is 13.8 Å². The molecule has 0 heterocycles. The highest BCUT2D eigenvalue weighted by Gasteiger charge is 2.40. The second kappa shape index (κ2) is 5.99. The highest BCUT2D eigenvalue weighted by Crippen LogP contribution is 2.18. The zero-order valence-corrected chi connectivity index (χ0v) is 11.2. The quantitative estimate of drug-likeness (QED) is 0.532. The lowest BCUT2D eigenvalue weighted by Crippen LogP contribution is -2.56. The SMILES string of the molecule is CCOC(=O)C(CC(C)C)[N+](C)(C)C(C)=O. The number of quaternary nitrogens is 1. The summed E-state index contributed by atoms with van der Waals surface area (Å²) in [5, 5.41) is 0. The molecule has 0 radical (unpaired) electrons. The Morgan fingerprint density at radius 3 is 2.06 bits per heavy atom. The molecule has 1 amide bonds. The number of rotatable bonds is 5. The van der Waals surface area contributed by atoms with Crippen LogP contribution in [0.3, 0.4) is 0 Å². The zero-order valence-electron chi connectivity index (χ0n) is 11.2. The van der Waals surface area contributed by atoms with Gasteiger partial charge in [-0.25, -0.2) is 9.59 Å². The molecule has 0 aromatic rings. The first-order valence-corrected chi connectivity index (χ1v) is 5.74. The Balaban J connectivity index is 4.93. The molecule has 0 aromatic carbocycles. The molecule has 0 spiro atoms. The second-order valence-electron chi connectivity index (χ2n) is 4.96. The maximum absolute atomic E-state index is 11.8. The maximum Gasteiger partial charge on any atom is 0.365 e. The fourth-order valence-corrected chi connectivity index (χ4v) is 1.53. The molecule has 0 aliphatic rings. The molecular formula is C12H24NO3+. The van der Waals surface area contributed by atoms with Crippen LogP contribution in [0.5, 0.6) is 0 Å².